The SMILES string of the molecule is O=C1/C=C/C(=O)OC23CCN(CC2)C(=C3c2c[nH]c3ccc(Br)cc23)O1. The van der Waals surface area contributed by atoms with E-state index in [0.717, 1.165) is 38.7 Å². The number of carbonyl (C=O) groups excluding carboxylic acids is 2. The molecule has 4 aliphatic heterocycles. The third-order valence-electron chi connectivity index (χ3n) is 5.29. The Morgan fingerprint density at radius 1 is 1.12 bits per heavy atom. The number of aromatic nitrogens is 1. The topological polar surface area (TPSA) is 71.6 Å². The van der Waals surface area contributed by atoms with E-state index < -0.39 is 17.5 Å². The normalized spacial score (nSPS) is 22.6. The van der Waals surface area contributed by atoms with Crippen LogP contribution in [0.25, 0.3) is 16.5 Å². The predicted octanol–water partition coefficient (Wildman–Crippen LogP) is 3.10. The quantitative estimate of drug-likeness (QED) is 0.725. The summed E-state index contributed by atoms with van der Waals surface area (Å²) in [4.78, 5) is 29.7. The lowest BCUT2D eigenvalue weighted by molar-refractivity contribution is -0.153. The van der Waals surface area contributed by atoms with E-state index in [0.29, 0.717) is 31.8 Å². The van der Waals surface area contributed by atoms with E-state index in [-0.39, 0.29) is 0 Å². The van der Waals surface area contributed by atoms with E-state index in [4.69, 9.17) is 9.47 Å². The third kappa shape index (κ3) is 2.23. The first-order valence-electron chi connectivity index (χ1n) is 8.45. The average Bonchev–Trinajstić information content (AvgIpc) is 3.03. The van der Waals surface area contributed by atoms with E-state index in [1.54, 1.807) is 0 Å². The third-order valence-corrected chi connectivity index (χ3v) is 5.78. The van der Waals surface area contributed by atoms with Gasteiger partial charge < -0.3 is 19.4 Å². The number of piperidine rings is 1. The second-order valence-electron chi connectivity index (χ2n) is 6.73. The van der Waals surface area contributed by atoms with Crippen molar-refractivity contribution < 1.29 is 19.1 Å². The first-order chi connectivity index (χ1) is 12.6. The second-order valence-corrected chi connectivity index (χ2v) is 7.64. The zero-order valence-corrected chi connectivity index (χ0v) is 15.3. The van der Waals surface area contributed by atoms with Gasteiger partial charge in [-0.25, -0.2) is 9.59 Å². The molecule has 1 aromatic carbocycles. The van der Waals surface area contributed by atoms with E-state index in [1.807, 2.05) is 24.4 Å². The molecule has 1 N–H and O–H groups in total. The monoisotopic (exact) mass is 414 g/mol. The molecule has 6 rings (SSSR count). The molecular weight excluding hydrogens is 400 g/mol. The fraction of sp³-hybridized carbons (Fsp3) is 0.263. The molecule has 0 unspecified atom stereocenters. The Bertz CT molecular complexity index is 1010. The van der Waals surface area contributed by atoms with Gasteiger partial charge >= 0.3 is 11.9 Å². The molecule has 0 atom stereocenters. The van der Waals surface area contributed by atoms with Crippen molar-refractivity contribution in [3.63, 3.8) is 0 Å². The van der Waals surface area contributed by atoms with Gasteiger partial charge in [0.15, 0.2) is 0 Å². The summed E-state index contributed by atoms with van der Waals surface area (Å²) in [5, 5.41) is 0.985. The summed E-state index contributed by atoms with van der Waals surface area (Å²) in [5.41, 5.74) is 1.84. The molecular formula is C19H15BrN2O4. The first-order valence-corrected chi connectivity index (χ1v) is 9.25. The van der Waals surface area contributed by atoms with Gasteiger partial charge in [-0.3, -0.25) is 0 Å². The Kier molecular flexibility index (Phi) is 3.31. The van der Waals surface area contributed by atoms with Crippen LogP contribution < -0.4 is 0 Å². The summed E-state index contributed by atoms with van der Waals surface area (Å²) in [6.07, 6.45) is 5.50. The van der Waals surface area contributed by atoms with Crippen molar-refractivity contribution >= 4 is 44.3 Å². The van der Waals surface area contributed by atoms with Crippen LogP contribution in [0.3, 0.4) is 0 Å². The minimum absolute atomic E-state index is 0.493. The molecule has 0 saturated carbocycles. The van der Waals surface area contributed by atoms with Crippen molar-refractivity contribution in [1.29, 1.82) is 0 Å². The summed E-state index contributed by atoms with van der Waals surface area (Å²) in [5.74, 6) is -0.593. The number of aromatic amines is 1. The van der Waals surface area contributed by atoms with Gasteiger partial charge in [0.2, 0.25) is 5.88 Å². The van der Waals surface area contributed by atoms with E-state index in [1.165, 1.54) is 0 Å². The summed E-state index contributed by atoms with van der Waals surface area (Å²) in [7, 11) is 0. The van der Waals surface area contributed by atoms with Crippen molar-refractivity contribution in [3.8, 4) is 0 Å². The molecule has 132 valence electrons. The summed E-state index contributed by atoms with van der Waals surface area (Å²) in [6.45, 7) is 1.37. The van der Waals surface area contributed by atoms with Gasteiger partial charge in [-0.15, -0.1) is 0 Å². The molecule has 5 heterocycles. The average molecular weight is 415 g/mol. The molecule has 6 nitrogen and oxygen atoms in total. The highest BCUT2D eigenvalue weighted by molar-refractivity contribution is 9.10. The molecule has 26 heavy (non-hydrogen) atoms. The maximum absolute atomic E-state index is 12.3. The number of hydrogen-bond acceptors (Lipinski definition) is 5. The van der Waals surface area contributed by atoms with Crippen LogP contribution >= 0.6 is 15.9 Å². The zero-order chi connectivity index (χ0) is 17.9. The number of fused-ring (bicyclic) bond motifs is 3. The van der Waals surface area contributed by atoms with Crippen LogP contribution in [0.4, 0.5) is 0 Å². The molecule has 1 fully saturated rings. The first kappa shape index (κ1) is 15.7. The van der Waals surface area contributed by atoms with E-state index in [9.17, 15) is 9.59 Å². The number of ether oxygens (including phenoxy) is 2. The number of nitrogens with zero attached hydrogens (tertiary/aromatic N) is 1. The highest BCUT2D eigenvalue weighted by Crippen LogP contribution is 2.49. The molecule has 1 saturated heterocycles. The lowest BCUT2D eigenvalue weighted by atomic mass is 9.76. The van der Waals surface area contributed by atoms with Crippen LogP contribution in [0.5, 0.6) is 0 Å². The van der Waals surface area contributed by atoms with E-state index >= 15 is 0 Å². The standard InChI is InChI=1S/C19H15BrN2O4/c20-11-1-2-14-12(9-11)13(10-21-14)17-18-22-7-5-19(17,6-8-22)26-16(24)4-3-15(23)25-18/h1-4,9-10,21H,5-8H2/b4-3+. The summed E-state index contributed by atoms with van der Waals surface area (Å²) < 4.78 is 12.5. The van der Waals surface area contributed by atoms with Crippen molar-refractivity contribution in [2.24, 2.45) is 0 Å². The van der Waals surface area contributed by atoms with Crippen LogP contribution in [-0.2, 0) is 19.1 Å². The number of halogens is 1. The molecule has 1 aromatic heterocycles. The van der Waals surface area contributed by atoms with Gasteiger partial charge in [-0.05, 0) is 18.2 Å². The number of esters is 2. The van der Waals surface area contributed by atoms with Crippen LogP contribution in [0, 0.1) is 0 Å². The number of rotatable bonds is 1. The van der Waals surface area contributed by atoms with Gasteiger partial charge in [-0.1, -0.05) is 15.9 Å². The molecule has 0 aliphatic carbocycles. The minimum atomic E-state index is -0.784. The fourth-order valence-electron chi connectivity index (χ4n) is 4.09. The molecule has 1 spiro atoms. The molecule has 0 radical (unpaired) electrons. The van der Waals surface area contributed by atoms with Gasteiger partial charge in [0.25, 0.3) is 0 Å². The van der Waals surface area contributed by atoms with Crippen LogP contribution in [0.2, 0.25) is 0 Å². The zero-order valence-electron chi connectivity index (χ0n) is 13.8. The highest BCUT2D eigenvalue weighted by atomic mass is 79.9. The predicted molar refractivity (Wildman–Crippen MR) is 97.8 cm³/mol. The fourth-order valence-corrected chi connectivity index (χ4v) is 4.46. The Balaban J connectivity index is 1.80. The van der Waals surface area contributed by atoms with Gasteiger partial charge in [-0.2, -0.15) is 0 Å². The lowest BCUT2D eigenvalue weighted by Gasteiger charge is -2.49. The Morgan fingerprint density at radius 2 is 1.88 bits per heavy atom. The van der Waals surface area contributed by atoms with Crippen LogP contribution in [0.15, 0.2) is 46.9 Å². The number of benzene rings is 1. The largest absolute Gasteiger partial charge is 0.451 e. The van der Waals surface area contributed by atoms with Gasteiger partial charge in [0, 0.05) is 65.2 Å². The number of H-pyrrole nitrogens is 1. The van der Waals surface area contributed by atoms with Crippen LogP contribution in [-0.4, -0.2) is 40.5 Å². The summed E-state index contributed by atoms with van der Waals surface area (Å²) >= 11 is 3.51. The molecule has 3 bridgehead atoms. The highest BCUT2D eigenvalue weighted by Gasteiger charge is 2.51. The molecule has 7 heteroatoms. The molecule has 2 aromatic rings. The van der Waals surface area contributed by atoms with Crippen molar-refractivity contribution in [2.75, 3.05) is 13.1 Å². The Labute approximate surface area is 157 Å². The van der Waals surface area contributed by atoms with Gasteiger partial charge in [0.05, 0.1) is 5.57 Å². The smallest absolute Gasteiger partial charge is 0.337 e. The lowest BCUT2D eigenvalue weighted by Crippen LogP contribution is -2.53. The number of carbonyl (C=O) groups is 2. The van der Waals surface area contributed by atoms with Crippen molar-refractivity contribution in [2.45, 2.75) is 18.4 Å². The number of hydrogen-bond donors (Lipinski definition) is 1. The number of nitrogens with one attached hydrogen (secondary N) is 1. The maximum atomic E-state index is 12.3. The maximum Gasteiger partial charge on any atom is 0.337 e. The molecule has 0 amide bonds. The summed E-state index contributed by atoms with van der Waals surface area (Å²) in [6, 6.07) is 5.95. The minimum Gasteiger partial charge on any atom is -0.451 e. The van der Waals surface area contributed by atoms with E-state index in [2.05, 4.69) is 25.8 Å². The second kappa shape index (κ2) is 5.48. The van der Waals surface area contributed by atoms with Crippen molar-refractivity contribution in [3.05, 3.63) is 52.5 Å². The van der Waals surface area contributed by atoms with Crippen LogP contribution in [0.1, 0.15) is 18.4 Å². The Hall–Kier alpha value is -2.54. The molecule has 4 aliphatic rings. The Morgan fingerprint density at radius 3 is 2.69 bits per heavy atom. The van der Waals surface area contributed by atoms with Crippen molar-refractivity contribution in [1.82, 2.24) is 9.88 Å². The van der Waals surface area contributed by atoms with Gasteiger partial charge in [0.1, 0.15) is 5.60 Å².